The second kappa shape index (κ2) is 10.1. The zero-order chi connectivity index (χ0) is 27.0. The first-order valence-corrected chi connectivity index (χ1v) is 14.4. The zero-order valence-corrected chi connectivity index (χ0v) is 23.2. The van der Waals surface area contributed by atoms with E-state index in [9.17, 15) is 8.42 Å². The van der Waals surface area contributed by atoms with Crippen LogP contribution in [0.5, 0.6) is 5.75 Å². The first-order chi connectivity index (χ1) is 18.2. The summed E-state index contributed by atoms with van der Waals surface area (Å²) in [5.74, 6) is 0.787. The largest absolute Gasteiger partial charge is 0.497 e. The lowest BCUT2D eigenvalue weighted by atomic mass is 10.0. The van der Waals surface area contributed by atoms with Gasteiger partial charge in [-0.15, -0.1) is 0 Å². The molecule has 1 fully saturated rings. The molecule has 1 saturated heterocycles. The van der Waals surface area contributed by atoms with Crippen LogP contribution in [0.25, 0.3) is 5.69 Å². The molecule has 0 saturated carbocycles. The number of ether oxygens (including phenoxy) is 1. The van der Waals surface area contributed by atoms with Gasteiger partial charge >= 0.3 is 0 Å². The van der Waals surface area contributed by atoms with Gasteiger partial charge in [-0.25, -0.2) is 8.42 Å². The SMILES string of the molecule is COc1ccc(-n2c(C)ccc2[C@@H]2[C@@H](c3ccccn3)NC(=S)N2c2ccc(NS(C)(=O)=O)c(C)c2)cc1. The lowest BCUT2D eigenvalue weighted by Gasteiger charge is -2.30. The molecule has 0 spiro atoms. The normalized spacial score (nSPS) is 17.4. The second-order valence-corrected chi connectivity index (χ2v) is 11.4. The van der Waals surface area contributed by atoms with Crippen molar-refractivity contribution in [3.8, 4) is 11.4 Å². The number of hydrogen-bond donors (Lipinski definition) is 2. The van der Waals surface area contributed by atoms with Gasteiger partial charge in [0, 0.05) is 29.0 Å². The molecule has 2 aromatic carbocycles. The zero-order valence-electron chi connectivity index (χ0n) is 21.5. The maximum atomic E-state index is 11.8. The van der Waals surface area contributed by atoms with Crippen LogP contribution in [0.3, 0.4) is 0 Å². The molecule has 0 radical (unpaired) electrons. The summed E-state index contributed by atoms with van der Waals surface area (Å²) >= 11 is 5.89. The number of pyridine rings is 1. The molecule has 0 amide bonds. The smallest absolute Gasteiger partial charge is 0.229 e. The Labute approximate surface area is 228 Å². The summed E-state index contributed by atoms with van der Waals surface area (Å²) in [7, 11) is -1.75. The average molecular weight is 548 g/mol. The Kier molecular flexibility index (Phi) is 6.85. The van der Waals surface area contributed by atoms with E-state index >= 15 is 0 Å². The van der Waals surface area contributed by atoms with Gasteiger partial charge in [-0.1, -0.05) is 6.07 Å². The van der Waals surface area contributed by atoms with E-state index in [0.717, 1.165) is 46.0 Å². The number of methoxy groups -OCH3 is 1. The quantitative estimate of drug-likeness (QED) is 0.313. The highest BCUT2D eigenvalue weighted by atomic mass is 32.2. The Morgan fingerprint density at radius 2 is 1.74 bits per heavy atom. The van der Waals surface area contributed by atoms with Crippen LogP contribution in [0.1, 0.15) is 34.7 Å². The molecular weight excluding hydrogens is 518 g/mol. The van der Waals surface area contributed by atoms with Gasteiger partial charge in [0.2, 0.25) is 10.0 Å². The van der Waals surface area contributed by atoms with Crippen molar-refractivity contribution in [2.24, 2.45) is 0 Å². The van der Waals surface area contributed by atoms with Crippen LogP contribution in [0.4, 0.5) is 11.4 Å². The Morgan fingerprint density at radius 1 is 1.00 bits per heavy atom. The van der Waals surface area contributed by atoms with Crippen LogP contribution >= 0.6 is 12.2 Å². The lowest BCUT2D eigenvalue weighted by Crippen LogP contribution is -2.30. The molecule has 0 bridgehead atoms. The van der Waals surface area contributed by atoms with E-state index in [-0.39, 0.29) is 12.1 Å². The van der Waals surface area contributed by atoms with Gasteiger partial charge in [0.1, 0.15) is 11.8 Å². The minimum absolute atomic E-state index is 0.218. The van der Waals surface area contributed by atoms with Crippen LogP contribution in [0.2, 0.25) is 0 Å². The number of aryl methyl sites for hydroxylation is 2. The number of nitrogens with one attached hydrogen (secondary N) is 2. The molecule has 2 aromatic heterocycles. The fourth-order valence-electron chi connectivity index (χ4n) is 4.92. The predicted octanol–water partition coefficient (Wildman–Crippen LogP) is 5.05. The van der Waals surface area contributed by atoms with E-state index in [0.29, 0.717) is 10.8 Å². The van der Waals surface area contributed by atoms with Crippen LogP contribution in [-0.2, 0) is 10.0 Å². The highest BCUT2D eigenvalue weighted by Gasteiger charge is 2.42. The molecule has 0 aliphatic carbocycles. The van der Waals surface area contributed by atoms with Gasteiger partial charge in [-0.2, -0.15) is 0 Å². The summed E-state index contributed by atoms with van der Waals surface area (Å²) < 4.78 is 33.8. The number of sulfonamides is 1. The molecule has 10 heteroatoms. The topological polar surface area (TPSA) is 88.5 Å². The number of rotatable bonds is 7. The van der Waals surface area contributed by atoms with Crippen LogP contribution in [0, 0.1) is 13.8 Å². The molecule has 0 unspecified atom stereocenters. The molecule has 38 heavy (non-hydrogen) atoms. The van der Waals surface area contributed by atoms with Crippen LogP contribution in [-0.4, -0.2) is 36.4 Å². The van der Waals surface area contributed by atoms with E-state index < -0.39 is 10.0 Å². The standard InChI is InChI=1S/C28H29N5O3S2/c1-18-17-21(11-14-23(18)31-38(4,34)35)33-27(26(30-28(33)37)24-7-5-6-16-29-24)25-15-8-19(2)32(25)20-9-12-22(36-3)13-10-20/h5-17,26-27,31H,1-4H3,(H,30,37)/t26-,27-/m1/s1. The summed E-state index contributed by atoms with van der Waals surface area (Å²) in [5, 5.41) is 4.06. The number of thiocarbonyl (C=S) groups is 1. The van der Waals surface area contributed by atoms with Crippen molar-refractivity contribution in [3.05, 3.63) is 102 Å². The summed E-state index contributed by atoms with van der Waals surface area (Å²) in [6.07, 6.45) is 2.92. The third kappa shape index (κ3) is 4.97. The lowest BCUT2D eigenvalue weighted by molar-refractivity contribution is 0.414. The predicted molar refractivity (Wildman–Crippen MR) is 155 cm³/mol. The van der Waals surface area contributed by atoms with E-state index in [1.54, 1.807) is 19.4 Å². The second-order valence-electron chi connectivity index (χ2n) is 9.30. The van der Waals surface area contributed by atoms with Crippen molar-refractivity contribution in [3.63, 3.8) is 0 Å². The molecule has 2 atom stereocenters. The number of hydrogen-bond acceptors (Lipinski definition) is 5. The molecule has 1 aliphatic heterocycles. The van der Waals surface area contributed by atoms with Crippen molar-refractivity contribution in [2.45, 2.75) is 25.9 Å². The third-order valence-electron chi connectivity index (χ3n) is 6.62. The third-order valence-corrected chi connectivity index (χ3v) is 7.53. The van der Waals surface area contributed by atoms with Gasteiger partial charge in [0.05, 0.1) is 30.8 Å². The van der Waals surface area contributed by atoms with E-state index in [1.807, 2.05) is 61.5 Å². The number of nitrogens with zero attached hydrogens (tertiary/aromatic N) is 3. The van der Waals surface area contributed by atoms with Crippen molar-refractivity contribution < 1.29 is 13.2 Å². The molecule has 8 nitrogen and oxygen atoms in total. The van der Waals surface area contributed by atoms with Gasteiger partial charge in [-0.3, -0.25) is 9.71 Å². The van der Waals surface area contributed by atoms with Gasteiger partial charge in [0.25, 0.3) is 0 Å². The number of aromatic nitrogens is 2. The Hall–Kier alpha value is -3.89. The average Bonchev–Trinajstić information content (AvgIpc) is 3.44. The monoisotopic (exact) mass is 547 g/mol. The number of benzene rings is 2. The van der Waals surface area contributed by atoms with Gasteiger partial charge in [-0.05, 0) is 98.4 Å². The Balaban J connectivity index is 1.65. The van der Waals surface area contributed by atoms with E-state index in [4.69, 9.17) is 17.0 Å². The summed E-state index contributed by atoms with van der Waals surface area (Å²) in [5.41, 5.74) is 6.15. The molecule has 2 N–H and O–H groups in total. The first-order valence-electron chi connectivity index (χ1n) is 12.1. The highest BCUT2D eigenvalue weighted by Crippen LogP contribution is 2.43. The summed E-state index contributed by atoms with van der Waals surface area (Å²) in [6.45, 7) is 3.95. The molecule has 3 heterocycles. The molecule has 4 aromatic rings. The summed E-state index contributed by atoms with van der Waals surface area (Å²) in [6, 6.07) is 23.2. The number of anilines is 2. The van der Waals surface area contributed by atoms with Crippen molar-refractivity contribution in [2.75, 3.05) is 23.0 Å². The van der Waals surface area contributed by atoms with Crippen molar-refractivity contribution in [1.29, 1.82) is 0 Å². The maximum absolute atomic E-state index is 11.8. The summed E-state index contributed by atoms with van der Waals surface area (Å²) in [4.78, 5) is 6.74. The van der Waals surface area contributed by atoms with Gasteiger partial charge in [0.15, 0.2) is 5.11 Å². The van der Waals surface area contributed by atoms with Crippen molar-refractivity contribution in [1.82, 2.24) is 14.9 Å². The fourth-order valence-corrected chi connectivity index (χ4v) is 5.89. The molecular formula is C28H29N5O3S2. The fraction of sp³-hybridized carbons (Fsp3) is 0.214. The van der Waals surface area contributed by atoms with E-state index in [1.165, 1.54) is 0 Å². The van der Waals surface area contributed by atoms with Crippen molar-refractivity contribution >= 4 is 38.7 Å². The minimum atomic E-state index is -3.40. The van der Waals surface area contributed by atoms with Crippen LogP contribution in [0.15, 0.2) is 79.0 Å². The molecule has 196 valence electrons. The maximum Gasteiger partial charge on any atom is 0.229 e. The Morgan fingerprint density at radius 3 is 2.37 bits per heavy atom. The minimum Gasteiger partial charge on any atom is -0.497 e. The van der Waals surface area contributed by atoms with E-state index in [2.05, 4.69) is 43.5 Å². The van der Waals surface area contributed by atoms with Crippen LogP contribution < -0.4 is 19.7 Å². The first kappa shape index (κ1) is 25.7. The molecule has 1 aliphatic rings. The van der Waals surface area contributed by atoms with Gasteiger partial charge < -0.3 is 19.5 Å². The Bertz CT molecular complexity index is 1580. The highest BCUT2D eigenvalue weighted by molar-refractivity contribution is 7.92. The molecule has 5 rings (SSSR count).